The van der Waals surface area contributed by atoms with Crippen LogP contribution in [-0.2, 0) is 0 Å². The highest BCUT2D eigenvalue weighted by Gasteiger charge is 2.22. The summed E-state index contributed by atoms with van der Waals surface area (Å²) in [5.41, 5.74) is 1.55. The van der Waals surface area contributed by atoms with E-state index in [4.69, 9.17) is 21.1 Å². The highest BCUT2D eigenvalue weighted by atomic mass is 35.5. The van der Waals surface area contributed by atoms with Crippen LogP contribution >= 0.6 is 11.6 Å². The number of methoxy groups -OCH3 is 2. The fourth-order valence-corrected chi connectivity index (χ4v) is 2.45. The van der Waals surface area contributed by atoms with Crippen molar-refractivity contribution in [3.05, 3.63) is 58.4 Å². The average molecular weight is 310 g/mol. The van der Waals surface area contributed by atoms with Gasteiger partial charge in [-0.15, -0.1) is 0 Å². The van der Waals surface area contributed by atoms with Crippen molar-refractivity contribution in [3.63, 3.8) is 0 Å². The topological polar surface area (TPSA) is 30.5 Å². The molecular weight excluding hydrogens is 293 g/mol. The number of nitrogens with one attached hydrogen (secondary N) is 1. The van der Waals surface area contributed by atoms with Gasteiger partial charge in [-0.3, -0.25) is 0 Å². The van der Waals surface area contributed by atoms with Crippen LogP contribution in [0.15, 0.2) is 36.4 Å². The third-order valence-corrected chi connectivity index (χ3v) is 3.63. The number of hydrogen-bond donors (Lipinski definition) is 1. The molecule has 0 amide bonds. The van der Waals surface area contributed by atoms with Crippen molar-refractivity contribution in [2.24, 2.45) is 0 Å². The molecule has 112 valence electrons. The van der Waals surface area contributed by atoms with E-state index in [1.165, 1.54) is 6.07 Å². The van der Waals surface area contributed by atoms with Gasteiger partial charge in [-0.05, 0) is 36.9 Å². The molecule has 5 heteroatoms. The maximum atomic E-state index is 13.7. The first kappa shape index (κ1) is 15.6. The van der Waals surface area contributed by atoms with Gasteiger partial charge in [0.15, 0.2) is 0 Å². The lowest BCUT2D eigenvalue weighted by molar-refractivity contribution is 0.378. The van der Waals surface area contributed by atoms with E-state index in [2.05, 4.69) is 5.32 Å². The Kier molecular flexibility index (Phi) is 5.04. The summed E-state index contributed by atoms with van der Waals surface area (Å²) in [6.45, 7) is 0. The van der Waals surface area contributed by atoms with Crippen LogP contribution in [0.4, 0.5) is 4.39 Å². The Bertz CT molecular complexity index is 611. The smallest absolute Gasteiger partial charge is 0.142 e. The summed E-state index contributed by atoms with van der Waals surface area (Å²) in [5, 5.41) is 3.26. The summed E-state index contributed by atoms with van der Waals surface area (Å²) in [6, 6.07) is 9.98. The predicted octanol–water partition coefficient (Wildman–Crippen LogP) is 3.81. The lowest BCUT2D eigenvalue weighted by atomic mass is 9.97. The van der Waals surface area contributed by atoms with Crippen molar-refractivity contribution < 1.29 is 13.9 Å². The summed E-state index contributed by atoms with van der Waals surface area (Å²) in [5.74, 6) is 0.886. The molecule has 0 aliphatic heterocycles. The van der Waals surface area contributed by atoms with Crippen LogP contribution in [0.1, 0.15) is 17.2 Å². The van der Waals surface area contributed by atoms with Gasteiger partial charge >= 0.3 is 0 Å². The number of benzene rings is 2. The Morgan fingerprint density at radius 3 is 2.19 bits per heavy atom. The molecule has 0 fully saturated rings. The molecule has 0 radical (unpaired) electrons. The van der Waals surface area contributed by atoms with Crippen molar-refractivity contribution in [2.75, 3.05) is 21.3 Å². The maximum absolute atomic E-state index is 13.7. The molecule has 0 heterocycles. The molecular formula is C16H17ClFNO2. The van der Waals surface area contributed by atoms with Crippen molar-refractivity contribution in [2.45, 2.75) is 6.04 Å². The number of rotatable bonds is 5. The average Bonchev–Trinajstić information content (AvgIpc) is 2.51. The molecule has 0 aliphatic carbocycles. The highest BCUT2D eigenvalue weighted by molar-refractivity contribution is 6.30. The van der Waals surface area contributed by atoms with Gasteiger partial charge in [0.25, 0.3) is 0 Å². The number of halogens is 2. The largest absolute Gasteiger partial charge is 0.496 e. The normalized spacial score (nSPS) is 12.0. The molecule has 0 saturated carbocycles. The monoisotopic (exact) mass is 309 g/mol. The molecule has 0 bridgehead atoms. The second-order valence-corrected chi connectivity index (χ2v) is 4.88. The van der Waals surface area contributed by atoms with E-state index in [-0.39, 0.29) is 11.1 Å². The number of ether oxygens (including phenoxy) is 2. The molecule has 0 spiro atoms. The zero-order valence-electron chi connectivity index (χ0n) is 12.1. The second-order valence-electron chi connectivity index (χ2n) is 4.47. The zero-order chi connectivity index (χ0) is 15.4. The van der Waals surface area contributed by atoms with Gasteiger partial charge in [0.1, 0.15) is 17.3 Å². The fourth-order valence-electron chi connectivity index (χ4n) is 2.33. The first-order valence-corrected chi connectivity index (χ1v) is 6.83. The van der Waals surface area contributed by atoms with Crippen LogP contribution in [0.25, 0.3) is 0 Å². The van der Waals surface area contributed by atoms with Gasteiger partial charge in [0, 0.05) is 0 Å². The first-order chi connectivity index (χ1) is 10.1. The van der Waals surface area contributed by atoms with Crippen LogP contribution < -0.4 is 14.8 Å². The summed E-state index contributed by atoms with van der Waals surface area (Å²) in [7, 11) is 4.98. The van der Waals surface area contributed by atoms with Crippen LogP contribution in [0.2, 0.25) is 5.02 Å². The van der Waals surface area contributed by atoms with Crippen molar-refractivity contribution >= 4 is 11.6 Å². The SMILES string of the molecule is CNC(c1ccc(Cl)c(F)c1)c1c(OC)cccc1OC. The first-order valence-electron chi connectivity index (χ1n) is 6.45. The van der Waals surface area contributed by atoms with Crippen LogP contribution in [-0.4, -0.2) is 21.3 Å². The van der Waals surface area contributed by atoms with Gasteiger partial charge in [0.05, 0.1) is 30.8 Å². The molecule has 2 aromatic rings. The minimum absolute atomic E-state index is 0.0978. The van der Waals surface area contributed by atoms with E-state index >= 15 is 0 Å². The molecule has 0 aromatic heterocycles. The highest BCUT2D eigenvalue weighted by Crippen LogP contribution is 2.37. The summed E-state index contributed by atoms with van der Waals surface area (Å²) >= 11 is 5.75. The van der Waals surface area contributed by atoms with Gasteiger partial charge in [-0.25, -0.2) is 4.39 Å². The fraction of sp³-hybridized carbons (Fsp3) is 0.250. The Morgan fingerprint density at radius 1 is 1.10 bits per heavy atom. The zero-order valence-corrected chi connectivity index (χ0v) is 12.9. The van der Waals surface area contributed by atoms with Crippen molar-refractivity contribution in [1.29, 1.82) is 0 Å². The molecule has 1 unspecified atom stereocenters. The number of hydrogen-bond acceptors (Lipinski definition) is 3. The Balaban J connectivity index is 2.57. The van der Waals surface area contributed by atoms with Gasteiger partial charge in [-0.2, -0.15) is 0 Å². The lowest BCUT2D eigenvalue weighted by Gasteiger charge is -2.22. The predicted molar refractivity (Wildman–Crippen MR) is 81.9 cm³/mol. The van der Waals surface area contributed by atoms with E-state index < -0.39 is 5.82 Å². The van der Waals surface area contributed by atoms with E-state index in [1.54, 1.807) is 33.4 Å². The Hall–Kier alpha value is -1.78. The molecule has 2 aromatic carbocycles. The van der Waals surface area contributed by atoms with Crippen molar-refractivity contribution in [1.82, 2.24) is 5.32 Å². The third kappa shape index (κ3) is 3.12. The molecule has 0 saturated heterocycles. The van der Waals surface area contributed by atoms with E-state index in [0.29, 0.717) is 11.5 Å². The summed E-state index contributed by atoms with van der Waals surface area (Å²) in [6.07, 6.45) is 0. The van der Waals surface area contributed by atoms with Crippen molar-refractivity contribution in [3.8, 4) is 11.5 Å². The van der Waals surface area contributed by atoms with Gasteiger partial charge in [-0.1, -0.05) is 23.7 Å². The molecule has 0 aliphatic rings. The molecule has 1 atom stereocenters. The third-order valence-electron chi connectivity index (χ3n) is 3.32. The Labute approximate surface area is 128 Å². The quantitative estimate of drug-likeness (QED) is 0.911. The minimum atomic E-state index is -0.455. The summed E-state index contributed by atoms with van der Waals surface area (Å²) < 4.78 is 24.5. The molecule has 3 nitrogen and oxygen atoms in total. The van der Waals surface area contributed by atoms with E-state index in [1.807, 2.05) is 18.2 Å². The summed E-state index contributed by atoms with van der Waals surface area (Å²) in [4.78, 5) is 0. The second kappa shape index (κ2) is 6.78. The van der Waals surface area contributed by atoms with E-state index in [9.17, 15) is 4.39 Å². The maximum Gasteiger partial charge on any atom is 0.142 e. The van der Waals surface area contributed by atoms with Gasteiger partial charge in [0.2, 0.25) is 0 Å². The molecule has 1 N–H and O–H groups in total. The van der Waals surface area contributed by atoms with Crippen LogP contribution in [0.5, 0.6) is 11.5 Å². The minimum Gasteiger partial charge on any atom is -0.496 e. The van der Waals surface area contributed by atoms with Gasteiger partial charge < -0.3 is 14.8 Å². The lowest BCUT2D eigenvalue weighted by Crippen LogP contribution is -2.19. The van der Waals surface area contributed by atoms with Crippen LogP contribution in [0, 0.1) is 5.82 Å². The van der Waals surface area contributed by atoms with E-state index in [0.717, 1.165) is 11.1 Å². The van der Waals surface area contributed by atoms with Crippen LogP contribution in [0.3, 0.4) is 0 Å². The molecule has 2 rings (SSSR count). The molecule has 21 heavy (non-hydrogen) atoms. The standard InChI is InChI=1S/C16H17ClFNO2/c1-19-16(10-7-8-11(17)12(18)9-10)15-13(20-2)5-4-6-14(15)21-3/h4-9,16,19H,1-3H3. The Morgan fingerprint density at radius 2 is 1.71 bits per heavy atom.